The molecule has 306 valence electrons. The first-order valence-corrected chi connectivity index (χ1v) is 22.7. The minimum atomic E-state index is -0.532. The Morgan fingerprint density at radius 3 is 1.15 bits per heavy atom. The van der Waals surface area contributed by atoms with Gasteiger partial charge in [-0.3, -0.25) is 0 Å². The van der Waals surface area contributed by atoms with Crippen LogP contribution in [-0.4, -0.2) is 9.13 Å². The maximum atomic E-state index is 2.51. The Hall–Kier alpha value is -8.20. The normalized spacial score (nSPS) is 12.9. The minimum absolute atomic E-state index is 0.532. The zero-order chi connectivity index (χ0) is 42.9. The zero-order valence-electron chi connectivity index (χ0n) is 35.9. The van der Waals surface area contributed by atoms with E-state index < -0.39 is 5.41 Å². The van der Waals surface area contributed by atoms with E-state index in [9.17, 15) is 0 Å². The molecule has 2 heterocycles. The molecule has 2 nitrogen and oxygen atoms in total. The molecule has 0 fully saturated rings. The summed E-state index contributed by atoms with van der Waals surface area (Å²) in [6.45, 7) is 1.50. The molecule has 0 aliphatic heterocycles. The molecule has 2 heteroatoms. The van der Waals surface area contributed by atoms with Crippen LogP contribution in [-0.2, 0) is 18.5 Å². The van der Waals surface area contributed by atoms with E-state index in [1.54, 1.807) is 0 Å². The number of hydrogen-bond donors (Lipinski definition) is 0. The number of nitrogens with zero attached hydrogens (tertiary/aromatic N) is 2. The lowest BCUT2D eigenvalue weighted by Crippen LogP contribution is -2.29. The summed E-state index contributed by atoms with van der Waals surface area (Å²) in [6.07, 6.45) is 0. The molecule has 0 spiro atoms. The third-order valence-electron chi connectivity index (χ3n) is 14.1. The van der Waals surface area contributed by atoms with Gasteiger partial charge in [0.25, 0.3) is 0 Å². The molecule has 0 atom stereocenters. The maximum absolute atomic E-state index is 2.51. The summed E-state index contributed by atoms with van der Waals surface area (Å²) in [5.74, 6) is 0. The SMILES string of the molecule is c1ccc(-c2ccc3c(c2)c2ccccc2n3Cc2cccc(C3(c4cccc(Cn5c6ccccc6c6cc(-c7ccccc7)ccc65)c4)c4ccccc4-c4ccccc43)c2)cc1. The van der Waals surface area contributed by atoms with Gasteiger partial charge in [0.1, 0.15) is 0 Å². The Morgan fingerprint density at radius 2 is 0.677 bits per heavy atom. The molecule has 0 amide bonds. The van der Waals surface area contributed by atoms with Crippen molar-refractivity contribution in [2.24, 2.45) is 0 Å². The highest BCUT2D eigenvalue weighted by Gasteiger charge is 2.46. The van der Waals surface area contributed by atoms with Crippen molar-refractivity contribution in [3.05, 3.63) is 276 Å². The number of hydrogen-bond acceptors (Lipinski definition) is 0. The van der Waals surface area contributed by atoms with Gasteiger partial charge >= 0.3 is 0 Å². The molecule has 0 saturated heterocycles. The molecule has 0 radical (unpaired) electrons. The lowest BCUT2D eigenvalue weighted by molar-refractivity contribution is 0.757. The summed E-state index contributed by atoms with van der Waals surface area (Å²) in [5.41, 5.74) is 19.8. The van der Waals surface area contributed by atoms with Gasteiger partial charge in [0.15, 0.2) is 0 Å². The standard InChI is InChI=1S/C63H44N2/c1-3-19-45(20-4-1)47-33-35-61-55(39-47)53-27-9-13-31-59(53)64(61)41-43-17-15-23-49(37-43)63(57-29-11-7-25-51(57)52-26-8-12-30-58(52)63)50-24-16-18-44(38-50)42-65-60-32-14-10-28-54(60)56-40-48(34-36-62(56)65)46-21-5-2-6-22-46/h1-40H,41-42H2. The second-order valence-corrected chi connectivity index (χ2v) is 17.6. The van der Waals surface area contributed by atoms with Gasteiger partial charge in [0.05, 0.1) is 5.41 Å². The fourth-order valence-electron chi connectivity index (χ4n) is 11.3. The number of fused-ring (bicyclic) bond motifs is 9. The summed E-state index contributed by atoms with van der Waals surface area (Å²) in [6, 6.07) is 90.2. The van der Waals surface area contributed by atoms with Gasteiger partial charge in [0, 0.05) is 56.7 Å². The van der Waals surface area contributed by atoms with Gasteiger partial charge in [-0.15, -0.1) is 0 Å². The van der Waals surface area contributed by atoms with Gasteiger partial charge < -0.3 is 9.13 Å². The average molecular weight is 829 g/mol. The maximum Gasteiger partial charge on any atom is 0.0713 e. The van der Waals surface area contributed by atoms with E-state index in [4.69, 9.17) is 0 Å². The fraction of sp³-hybridized carbons (Fsp3) is 0.0476. The van der Waals surface area contributed by atoms with Crippen LogP contribution in [0.3, 0.4) is 0 Å². The highest BCUT2D eigenvalue weighted by Crippen LogP contribution is 2.56. The molecule has 0 bridgehead atoms. The molecule has 12 aromatic rings. The third-order valence-corrected chi connectivity index (χ3v) is 14.1. The lowest BCUT2D eigenvalue weighted by atomic mass is 9.67. The fourth-order valence-corrected chi connectivity index (χ4v) is 11.3. The number of benzene rings is 10. The summed E-state index contributed by atoms with van der Waals surface area (Å²) in [4.78, 5) is 0. The Balaban J connectivity index is 0.957. The average Bonchev–Trinajstić information content (AvgIpc) is 3.98. The highest BCUT2D eigenvalue weighted by molar-refractivity contribution is 6.10. The highest BCUT2D eigenvalue weighted by atomic mass is 15.0. The van der Waals surface area contributed by atoms with Crippen molar-refractivity contribution in [1.82, 2.24) is 9.13 Å². The van der Waals surface area contributed by atoms with Crippen molar-refractivity contribution >= 4 is 43.6 Å². The first-order valence-electron chi connectivity index (χ1n) is 22.7. The number of para-hydroxylation sites is 2. The molecule has 0 unspecified atom stereocenters. The zero-order valence-corrected chi connectivity index (χ0v) is 35.9. The van der Waals surface area contributed by atoms with Crippen molar-refractivity contribution in [1.29, 1.82) is 0 Å². The van der Waals surface area contributed by atoms with Crippen molar-refractivity contribution in [3.63, 3.8) is 0 Å². The van der Waals surface area contributed by atoms with Crippen LogP contribution in [0.5, 0.6) is 0 Å². The molecular weight excluding hydrogens is 785 g/mol. The molecule has 1 aliphatic rings. The number of rotatable bonds is 8. The van der Waals surface area contributed by atoms with Crippen LogP contribution in [0.4, 0.5) is 0 Å². The van der Waals surface area contributed by atoms with Gasteiger partial charge in [-0.1, -0.05) is 206 Å². The Bertz CT molecular complexity index is 3520. The van der Waals surface area contributed by atoms with Crippen LogP contribution in [0.2, 0.25) is 0 Å². The Kier molecular flexibility index (Phi) is 8.60. The van der Waals surface area contributed by atoms with Gasteiger partial charge in [-0.05, 0) is 103 Å². The Labute approximate surface area is 378 Å². The molecule has 65 heavy (non-hydrogen) atoms. The summed E-state index contributed by atoms with van der Waals surface area (Å²) < 4.78 is 5.02. The lowest BCUT2D eigenvalue weighted by Gasteiger charge is -2.34. The monoisotopic (exact) mass is 828 g/mol. The molecular formula is C63H44N2. The predicted molar refractivity (Wildman–Crippen MR) is 272 cm³/mol. The molecule has 0 saturated carbocycles. The Morgan fingerprint density at radius 1 is 0.277 bits per heavy atom. The molecule has 10 aromatic carbocycles. The van der Waals surface area contributed by atoms with E-state index in [1.807, 2.05) is 0 Å². The van der Waals surface area contributed by atoms with Gasteiger partial charge in [-0.2, -0.15) is 0 Å². The van der Waals surface area contributed by atoms with E-state index in [1.165, 1.54) is 110 Å². The van der Waals surface area contributed by atoms with Crippen LogP contribution >= 0.6 is 0 Å². The van der Waals surface area contributed by atoms with Crippen LogP contribution in [0.15, 0.2) is 243 Å². The quantitative estimate of drug-likeness (QED) is 0.144. The van der Waals surface area contributed by atoms with Crippen LogP contribution in [0.25, 0.3) is 77.0 Å². The van der Waals surface area contributed by atoms with Crippen molar-refractivity contribution in [2.75, 3.05) is 0 Å². The first-order chi connectivity index (χ1) is 32.2. The van der Waals surface area contributed by atoms with E-state index in [0.717, 1.165) is 13.1 Å². The molecule has 13 rings (SSSR count). The third kappa shape index (κ3) is 5.88. The van der Waals surface area contributed by atoms with E-state index >= 15 is 0 Å². The van der Waals surface area contributed by atoms with Crippen LogP contribution < -0.4 is 0 Å². The van der Waals surface area contributed by atoms with E-state index in [-0.39, 0.29) is 0 Å². The van der Waals surface area contributed by atoms with E-state index in [0.29, 0.717) is 0 Å². The predicted octanol–water partition coefficient (Wildman–Crippen LogP) is 15.7. The van der Waals surface area contributed by atoms with Crippen molar-refractivity contribution < 1.29 is 0 Å². The smallest absolute Gasteiger partial charge is 0.0713 e. The molecule has 0 N–H and O–H groups in total. The summed E-state index contributed by atoms with van der Waals surface area (Å²) >= 11 is 0. The largest absolute Gasteiger partial charge is 0.336 e. The molecule has 1 aliphatic carbocycles. The second-order valence-electron chi connectivity index (χ2n) is 17.6. The summed E-state index contributed by atoms with van der Waals surface area (Å²) in [7, 11) is 0. The summed E-state index contributed by atoms with van der Waals surface area (Å²) in [5, 5.41) is 5.13. The van der Waals surface area contributed by atoms with Gasteiger partial charge in [-0.25, -0.2) is 0 Å². The van der Waals surface area contributed by atoms with Crippen molar-refractivity contribution in [2.45, 2.75) is 18.5 Å². The van der Waals surface area contributed by atoms with Crippen LogP contribution in [0.1, 0.15) is 33.4 Å². The topological polar surface area (TPSA) is 9.86 Å². The van der Waals surface area contributed by atoms with Crippen LogP contribution in [0, 0.1) is 0 Å². The second kappa shape index (κ2) is 15.0. The van der Waals surface area contributed by atoms with Crippen molar-refractivity contribution in [3.8, 4) is 33.4 Å². The first kappa shape index (κ1) is 37.4. The number of aromatic nitrogens is 2. The van der Waals surface area contributed by atoms with Gasteiger partial charge in [0.2, 0.25) is 0 Å². The minimum Gasteiger partial charge on any atom is -0.336 e. The molecule has 2 aromatic heterocycles. The van der Waals surface area contributed by atoms with E-state index in [2.05, 4.69) is 252 Å².